The molecule has 0 saturated heterocycles. The van der Waals surface area contributed by atoms with Gasteiger partial charge in [0.1, 0.15) is 52.3 Å². The highest BCUT2D eigenvalue weighted by Crippen LogP contribution is 2.49. The summed E-state index contributed by atoms with van der Waals surface area (Å²) in [6.07, 6.45) is -4.96. The maximum atomic E-state index is 15.1. The summed E-state index contributed by atoms with van der Waals surface area (Å²) in [6.45, 7) is 7.50. The van der Waals surface area contributed by atoms with E-state index in [-0.39, 0.29) is 11.5 Å². The van der Waals surface area contributed by atoms with Crippen LogP contribution in [0.25, 0.3) is 12.2 Å². The molecule has 4 rings (SSSR count). The second kappa shape index (κ2) is 21.8. The highest BCUT2D eigenvalue weighted by Gasteiger charge is 2.59. The van der Waals surface area contributed by atoms with Crippen molar-refractivity contribution in [2.24, 2.45) is 16.7 Å². The number of ether oxygens (including phenoxy) is 5. The fourth-order valence-electron chi connectivity index (χ4n) is 7.60. The second-order valence-electron chi connectivity index (χ2n) is 17.1. The highest BCUT2D eigenvalue weighted by molar-refractivity contribution is 6.27. The average molecular weight is 973 g/mol. The van der Waals surface area contributed by atoms with Gasteiger partial charge >= 0.3 is 29.8 Å². The van der Waals surface area contributed by atoms with Gasteiger partial charge in [-0.25, -0.2) is 0 Å². The predicted molar refractivity (Wildman–Crippen MR) is 243 cm³/mol. The van der Waals surface area contributed by atoms with Crippen molar-refractivity contribution in [3.05, 3.63) is 117 Å². The van der Waals surface area contributed by atoms with Gasteiger partial charge in [-0.3, -0.25) is 43.2 Å². The van der Waals surface area contributed by atoms with E-state index in [4.69, 9.17) is 23.7 Å². The Bertz CT molecular complexity index is 2550. The SMILES string of the molecule is CC(=O)OC[C@@H](OC(C)=O)[C@@H](OC(C)=O)[C@H](OC(C)=O)[C@@H](OC(C)=O)C(C1=C(O)/C(=C(O)/C=C/c2ccc(O)cc2)C(=O)C(C)(C)C1=O)C1=C(O)/C(=C(O)/C=C/c2ccc(O)cc2)C(=O)C(C)(C)C1=O. The molecule has 2 aromatic rings. The third-order valence-electron chi connectivity index (χ3n) is 11.0. The number of carbonyl (C=O) groups excluding carboxylic acids is 9. The lowest BCUT2D eigenvalue weighted by Gasteiger charge is -2.43. The van der Waals surface area contributed by atoms with Gasteiger partial charge in [-0.2, -0.15) is 0 Å². The molecule has 6 N–H and O–H groups in total. The number of hydrogen-bond donors (Lipinski definition) is 6. The van der Waals surface area contributed by atoms with Crippen molar-refractivity contribution in [2.45, 2.75) is 86.7 Å². The van der Waals surface area contributed by atoms with Crippen molar-refractivity contribution >= 4 is 65.1 Å². The Kier molecular flexibility index (Phi) is 16.9. The largest absolute Gasteiger partial charge is 0.508 e. The van der Waals surface area contributed by atoms with Crippen molar-refractivity contribution in [1.82, 2.24) is 0 Å². The third-order valence-corrected chi connectivity index (χ3v) is 11.0. The van der Waals surface area contributed by atoms with Gasteiger partial charge in [0.05, 0.1) is 27.9 Å². The van der Waals surface area contributed by atoms with Crippen molar-refractivity contribution in [1.29, 1.82) is 0 Å². The molecular formula is C50H52O20. The molecule has 20 nitrogen and oxygen atoms in total. The van der Waals surface area contributed by atoms with Crippen LogP contribution in [-0.2, 0) is 66.8 Å². The van der Waals surface area contributed by atoms with Gasteiger partial charge in [-0.1, -0.05) is 36.4 Å². The van der Waals surface area contributed by atoms with Gasteiger partial charge < -0.3 is 54.3 Å². The number of Topliss-reactive ketones (excluding diaryl/α,β-unsaturated/α-hetero) is 4. The standard InChI is InChI=1S/C50H52O20/c1-23(51)66-22-34(67-24(2)52)42(68-25(3)53)44(70-27(5)55)43(69-26(4)54)37(38-40(60)35(45(62)49(6,7)47(38)64)32(58)20-14-28-10-16-30(56)17-11-28)39-41(61)36(46(63)50(8,9)48(39)65)33(59)21-15-29-12-18-31(57)19-13-29/h10-21,34,37,42-44,56-61H,22H2,1-9H3/b20-14+,21-15+,35-32+,36-33+/t34-,42-,43+,44+/m1/s1. The van der Waals surface area contributed by atoms with E-state index in [9.17, 15) is 64.2 Å². The molecule has 0 radical (unpaired) electrons. The van der Waals surface area contributed by atoms with Gasteiger partial charge in [0.15, 0.2) is 47.5 Å². The van der Waals surface area contributed by atoms with Crippen LogP contribution in [0.1, 0.15) is 73.4 Å². The number of hydrogen-bond acceptors (Lipinski definition) is 20. The Balaban J connectivity index is 2.32. The van der Waals surface area contributed by atoms with Crippen LogP contribution in [0.3, 0.4) is 0 Å². The van der Waals surface area contributed by atoms with E-state index >= 15 is 9.59 Å². The van der Waals surface area contributed by atoms with E-state index < -0.39 is 146 Å². The van der Waals surface area contributed by atoms with Crippen molar-refractivity contribution in [3.63, 3.8) is 0 Å². The van der Waals surface area contributed by atoms with Crippen LogP contribution in [0.15, 0.2) is 106 Å². The monoisotopic (exact) mass is 972 g/mol. The molecule has 0 unspecified atom stereocenters. The number of phenols is 2. The van der Waals surface area contributed by atoms with Crippen LogP contribution in [-0.4, -0.2) is 115 Å². The maximum Gasteiger partial charge on any atom is 0.303 e. The molecule has 70 heavy (non-hydrogen) atoms. The molecule has 0 aliphatic heterocycles. The normalized spacial score (nSPS) is 19.1. The Morgan fingerprint density at radius 3 is 1.19 bits per heavy atom. The van der Waals surface area contributed by atoms with Crippen LogP contribution >= 0.6 is 0 Å². The minimum absolute atomic E-state index is 0.117. The number of aliphatic hydroxyl groups is 4. The lowest BCUT2D eigenvalue weighted by atomic mass is 9.62. The lowest BCUT2D eigenvalue weighted by Crippen LogP contribution is -2.58. The van der Waals surface area contributed by atoms with E-state index in [1.54, 1.807) is 0 Å². The maximum absolute atomic E-state index is 15.1. The molecule has 0 fully saturated rings. The third kappa shape index (κ3) is 12.0. The van der Waals surface area contributed by atoms with Crippen LogP contribution in [0.2, 0.25) is 0 Å². The van der Waals surface area contributed by atoms with Crippen LogP contribution in [0, 0.1) is 16.7 Å². The summed E-state index contributed by atoms with van der Waals surface area (Å²) in [5.74, 6) is -18.8. The Morgan fingerprint density at radius 2 is 0.843 bits per heavy atom. The number of esters is 5. The van der Waals surface area contributed by atoms with Crippen LogP contribution in [0.4, 0.5) is 0 Å². The smallest absolute Gasteiger partial charge is 0.303 e. The van der Waals surface area contributed by atoms with Gasteiger partial charge in [0.2, 0.25) is 0 Å². The molecule has 20 heteroatoms. The first-order valence-electron chi connectivity index (χ1n) is 21.2. The zero-order valence-corrected chi connectivity index (χ0v) is 39.4. The summed E-state index contributed by atoms with van der Waals surface area (Å²) in [4.78, 5) is 123. The number of aromatic hydroxyl groups is 2. The molecule has 0 amide bonds. The van der Waals surface area contributed by atoms with Gasteiger partial charge in [-0.15, -0.1) is 0 Å². The Morgan fingerprint density at radius 1 is 0.500 bits per heavy atom. The summed E-state index contributed by atoms with van der Waals surface area (Å²) in [5.41, 5.74) is -8.29. The minimum atomic E-state index is -2.61. The molecule has 0 heterocycles. The average Bonchev–Trinajstić information content (AvgIpc) is 3.26. The van der Waals surface area contributed by atoms with Crippen molar-refractivity contribution in [3.8, 4) is 11.5 Å². The molecule has 4 atom stereocenters. The molecule has 2 aliphatic rings. The zero-order valence-electron chi connectivity index (χ0n) is 39.4. The summed E-state index contributed by atoms with van der Waals surface area (Å²) in [6, 6.07) is 10.8. The quantitative estimate of drug-likeness (QED) is 0.0407. The first-order chi connectivity index (χ1) is 32.5. The van der Waals surface area contributed by atoms with Crippen LogP contribution in [0.5, 0.6) is 11.5 Å². The molecule has 2 aliphatic carbocycles. The van der Waals surface area contributed by atoms with E-state index in [2.05, 4.69) is 0 Å². The van der Waals surface area contributed by atoms with Gasteiger partial charge in [0.25, 0.3) is 0 Å². The van der Waals surface area contributed by atoms with Crippen LogP contribution < -0.4 is 0 Å². The van der Waals surface area contributed by atoms with E-state index in [0.717, 1.165) is 74.5 Å². The zero-order chi connectivity index (χ0) is 52.7. The number of ketones is 4. The summed E-state index contributed by atoms with van der Waals surface area (Å²) < 4.78 is 27.4. The van der Waals surface area contributed by atoms with E-state index in [0.29, 0.717) is 11.1 Å². The molecule has 2 aromatic carbocycles. The topological polar surface area (TPSA) is 321 Å². The highest BCUT2D eigenvalue weighted by atomic mass is 16.6. The van der Waals surface area contributed by atoms with Crippen molar-refractivity contribution < 1.29 is 97.5 Å². The number of rotatable bonds is 16. The molecule has 0 spiro atoms. The van der Waals surface area contributed by atoms with Crippen molar-refractivity contribution in [2.75, 3.05) is 6.61 Å². The number of carbonyl (C=O) groups is 9. The number of aliphatic hydroxyl groups excluding tert-OH is 4. The first kappa shape index (κ1) is 54.3. The minimum Gasteiger partial charge on any atom is -0.508 e. The first-order valence-corrected chi connectivity index (χ1v) is 21.2. The number of phenolic OH excluding ortho intramolecular Hbond substituents is 2. The molecular weight excluding hydrogens is 921 g/mol. The van der Waals surface area contributed by atoms with E-state index in [1.807, 2.05) is 0 Å². The lowest BCUT2D eigenvalue weighted by molar-refractivity contribution is -0.205. The molecule has 0 aromatic heterocycles. The van der Waals surface area contributed by atoms with E-state index in [1.165, 1.54) is 60.7 Å². The Labute approximate surface area is 400 Å². The van der Waals surface area contributed by atoms with Gasteiger partial charge in [0, 0.05) is 34.6 Å². The fraction of sp³-hybridized carbons (Fsp3) is 0.340. The second-order valence-corrected chi connectivity index (χ2v) is 17.1. The Hall–Kier alpha value is -8.29. The number of benzene rings is 2. The van der Waals surface area contributed by atoms with Gasteiger partial charge in [-0.05, 0) is 75.2 Å². The fourth-order valence-corrected chi connectivity index (χ4v) is 7.60. The summed E-state index contributed by atoms with van der Waals surface area (Å²) in [5, 5.41) is 67.5. The predicted octanol–water partition coefficient (Wildman–Crippen LogP) is 5.33. The number of allylic oxidation sites excluding steroid dienone is 4. The molecule has 372 valence electrons. The molecule has 0 bridgehead atoms. The summed E-state index contributed by atoms with van der Waals surface area (Å²) >= 11 is 0. The summed E-state index contributed by atoms with van der Waals surface area (Å²) in [7, 11) is 0. The molecule has 0 saturated carbocycles.